The molecule has 0 atom stereocenters. The fourth-order valence-corrected chi connectivity index (χ4v) is 1.80. The Morgan fingerprint density at radius 3 is 2.80 bits per heavy atom. The SMILES string of the molecule is Cc1c(CO)nnn1-c1cccc(C(=O)OC(C)C)c1. The maximum atomic E-state index is 11.9. The van der Waals surface area contributed by atoms with Crippen LogP contribution in [0, 0.1) is 6.92 Å². The van der Waals surface area contributed by atoms with E-state index >= 15 is 0 Å². The highest BCUT2D eigenvalue weighted by Gasteiger charge is 2.13. The largest absolute Gasteiger partial charge is 0.459 e. The van der Waals surface area contributed by atoms with Gasteiger partial charge < -0.3 is 9.84 Å². The summed E-state index contributed by atoms with van der Waals surface area (Å²) >= 11 is 0. The van der Waals surface area contributed by atoms with E-state index in [1.807, 2.05) is 13.0 Å². The van der Waals surface area contributed by atoms with Gasteiger partial charge in [-0.05, 0) is 39.0 Å². The predicted octanol–water partition coefficient (Wildman–Crippen LogP) is 1.63. The summed E-state index contributed by atoms with van der Waals surface area (Å²) in [5.41, 5.74) is 2.41. The van der Waals surface area contributed by atoms with Crippen molar-refractivity contribution < 1.29 is 14.6 Å². The summed E-state index contributed by atoms with van der Waals surface area (Å²) in [5.74, 6) is -0.373. The van der Waals surface area contributed by atoms with E-state index in [-0.39, 0.29) is 18.7 Å². The van der Waals surface area contributed by atoms with Crippen molar-refractivity contribution in [1.82, 2.24) is 15.0 Å². The molecule has 6 nitrogen and oxygen atoms in total. The first-order valence-electron chi connectivity index (χ1n) is 6.36. The molecule has 0 amide bonds. The summed E-state index contributed by atoms with van der Waals surface area (Å²) in [6, 6.07) is 6.95. The lowest BCUT2D eigenvalue weighted by Crippen LogP contribution is -2.12. The van der Waals surface area contributed by atoms with Gasteiger partial charge in [0, 0.05) is 0 Å². The molecule has 1 aromatic carbocycles. The van der Waals surface area contributed by atoms with Crippen LogP contribution in [0.2, 0.25) is 0 Å². The van der Waals surface area contributed by atoms with Crippen LogP contribution >= 0.6 is 0 Å². The Kier molecular flexibility index (Phi) is 4.14. The maximum absolute atomic E-state index is 11.9. The van der Waals surface area contributed by atoms with E-state index in [0.717, 1.165) is 5.69 Å². The Bertz CT molecular complexity index is 620. The Morgan fingerprint density at radius 1 is 1.45 bits per heavy atom. The number of carbonyl (C=O) groups excluding carboxylic acids is 1. The van der Waals surface area contributed by atoms with Gasteiger partial charge in [-0.3, -0.25) is 0 Å². The van der Waals surface area contributed by atoms with Gasteiger partial charge in [0.15, 0.2) is 0 Å². The molecule has 20 heavy (non-hydrogen) atoms. The van der Waals surface area contributed by atoms with Gasteiger partial charge in [-0.1, -0.05) is 11.3 Å². The molecule has 1 N–H and O–H groups in total. The van der Waals surface area contributed by atoms with Crippen molar-refractivity contribution in [3.8, 4) is 5.69 Å². The topological polar surface area (TPSA) is 77.2 Å². The molecule has 0 bridgehead atoms. The number of rotatable bonds is 4. The standard InChI is InChI=1S/C14H17N3O3/c1-9(2)20-14(19)11-5-4-6-12(7-11)17-10(3)13(8-18)15-16-17/h4-7,9,18H,8H2,1-3H3. The van der Waals surface area contributed by atoms with E-state index in [4.69, 9.17) is 9.84 Å². The molecule has 2 rings (SSSR count). The van der Waals surface area contributed by atoms with Crippen LogP contribution in [0.3, 0.4) is 0 Å². The van der Waals surface area contributed by atoms with E-state index in [2.05, 4.69) is 10.3 Å². The fourth-order valence-electron chi connectivity index (χ4n) is 1.80. The maximum Gasteiger partial charge on any atom is 0.338 e. The molecule has 0 aliphatic heterocycles. The number of aromatic nitrogens is 3. The monoisotopic (exact) mass is 275 g/mol. The van der Waals surface area contributed by atoms with Gasteiger partial charge in [-0.2, -0.15) is 0 Å². The number of carbonyl (C=O) groups is 1. The molecule has 0 aliphatic rings. The van der Waals surface area contributed by atoms with Crippen LogP contribution in [0.5, 0.6) is 0 Å². The number of aliphatic hydroxyl groups is 1. The number of ether oxygens (including phenoxy) is 1. The minimum atomic E-state index is -0.373. The van der Waals surface area contributed by atoms with Crippen LogP contribution in [0.4, 0.5) is 0 Å². The van der Waals surface area contributed by atoms with Crippen LogP contribution in [0.1, 0.15) is 35.6 Å². The van der Waals surface area contributed by atoms with Crippen molar-refractivity contribution in [2.45, 2.75) is 33.5 Å². The van der Waals surface area contributed by atoms with Gasteiger partial charge in [-0.15, -0.1) is 5.10 Å². The van der Waals surface area contributed by atoms with Crippen molar-refractivity contribution in [1.29, 1.82) is 0 Å². The number of benzene rings is 1. The second kappa shape index (κ2) is 5.83. The van der Waals surface area contributed by atoms with Crippen molar-refractivity contribution in [3.63, 3.8) is 0 Å². The zero-order valence-corrected chi connectivity index (χ0v) is 11.7. The molecule has 0 aliphatic carbocycles. The lowest BCUT2D eigenvalue weighted by molar-refractivity contribution is 0.0378. The highest BCUT2D eigenvalue weighted by atomic mass is 16.5. The average Bonchev–Trinajstić information content (AvgIpc) is 2.79. The third-order valence-electron chi connectivity index (χ3n) is 2.81. The zero-order valence-electron chi connectivity index (χ0n) is 11.7. The first-order valence-corrected chi connectivity index (χ1v) is 6.36. The number of aliphatic hydroxyl groups excluding tert-OH is 1. The minimum Gasteiger partial charge on any atom is -0.459 e. The number of hydrogen-bond acceptors (Lipinski definition) is 5. The summed E-state index contributed by atoms with van der Waals surface area (Å²) in [7, 11) is 0. The van der Waals surface area contributed by atoms with E-state index in [1.54, 1.807) is 36.7 Å². The summed E-state index contributed by atoms with van der Waals surface area (Å²) in [5, 5.41) is 17.0. The van der Waals surface area contributed by atoms with Crippen LogP contribution in [0.15, 0.2) is 24.3 Å². The lowest BCUT2D eigenvalue weighted by Gasteiger charge is -2.09. The van der Waals surface area contributed by atoms with Gasteiger partial charge in [0.1, 0.15) is 5.69 Å². The molecule has 2 aromatic rings. The molecule has 1 heterocycles. The van der Waals surface area contributed by atoms with Gasteiger partial charge in [-0.25, -0.2) is 9.48 Å². The highest BCUT2D eigenvalue weighted by molar-refractivity contribution is 5.90. The van der Waals surface area contributed by atoms with Crippen LogP contribution in [0.25, 0.3) is 5.69 Å². The van der Waals surface area contributed by atoms with E-state index < -0.39 is 0 Å². The molecule has 6 heteroatoms. The summed E-state index contributed by atoms with van der Waals surface area (Å²) < 4.78 is 6.74. The summed E-state index contributed by atoms with van der Waals surface area (Å²) in [6.07, 6.45) is -0.166. The second-order valence-corrected chi connectivity index (χ2v) is 4.70. The molecular weight excluding hydrogens is 258 g/mol. The van der Waals surface area contributed by atoms with Gasteiger partial charge >= 0.3 is 5.97 Å². The lowest BCUT2D eigenvalue weighted by atomic mass is 10.2. The average molecular weight is 275 g/mol. The Hall–Kier alpha value is -2.21. The molecule has 0 unspecified atom stereocenters. The molecule has 106 valence electrons. The van der Waals surface area contributed by atoms with E-state index in [9.17, 15) is 4.79 Å². The van der Waals surface area contributed by atoms with Crippen LogP contribution < -0.4 is 0 Å². The third kappa shape index (κ3) is 2.85. The van der Waals surface area contributed by atoms with Gasteiger partial charge in [0.05, 0.1) is 29.7 Å². The highest BCUT2D eigenvalue weighted by Crippen LogP contribution is 2.15. The number of nitrogens with zero attached hydrogens (tertiary/aromatic N) is 3. The number of hydrogen-bond donors (Lipinski definition) is 1. The van der Waals surface area contributed by atoms with Crippen molar-refractivity contribution in [2.75, 3.05) is 0 Å². The fraction of sp³-hybridized carbons (Fsp3) is 0.357. The summed E-state index contributed by atoms with van der Waals surface area (Å²) in [4.78, 5) is 11.9. The third-order valence-corrected chi connectivity index (χ3v) is 2.81. The molecule has 0 spiro atoms. The quantitative estimate of drug-likeness (QED) is 0.858. The molecule has 1 aromatic heterocycles. The van der Waals surface area contributed by atoms with Crippen molar-refractivity contribution >= 4 is 5.97 Å². The Balaban J connectivity index is 2.34. The second-order valence-electron chi connectivity index (χ2n) is 4.70. The van der Waals surface area contributed by atoms with Crippen LogP contribution in [-0.2, 0) is 11.3 Å². The molecule has 0 fully saturated rings. The first kappa shape index (κ1) is 14.2. The van der Waals surface area contributed by atoms with E-state index in [0.29, 0.717) is 16.9 Å². The molecule has 0 saturated heterocycles. The Morgan fingerprint density at radius 2 is 2.20 bits per heavy atom. The van der Waals surface area contributed by atoms with Crippen molar-refractivity contribution in [2.24, 2.45) is 0 Å². The normalized spacial score (nSPS) is 10.8. The van der Waals surface area contributed by atoms with Crippen LogP contribution in [-0.4, -0.2) is 32.2 Å². The van der Waals surface area contributed by atoms with E-state index in [1.165, 1.54) is 0 Å². The molecule has 0 saturated carbocycles. The zero-order chi connectivity index (χ0) is 14.7. The van der Waals surface area contributed by atoms with Gasteiger partial charge in [0.25, 0.3) is 0 Å². The molecular formula is C14H17N3O3. The first-order chi connectivity index (χ1) is 9.52. The molecule has 0 radical (unpaired) electrons. The smallest absolute Gasteiger partial charge is 0.338 e. The summed E-state index contributed by atoms with van der Waals surface area (Å²) in [6.45, 7) is 5.25. The minimum absolute atomic E-state index is 0.166. The van der Waals surface area contributed by atoms with Gasteiger partial charge in [0.2, 0.25) is 0 Å². The Labute approximate surface area is 117 Å². The van der Waals surface area contributed by atoms with Crippen molar-refractivity contribution in [3.05, 3.63) is 41.2 Å². The number of esters is 1. The predicted molar refractivity (Wildman–Crippen MR) is 72.6 cm³/mol.